The molecule has 0 amide bonds. The van der Waals surface area contributed by atoms with Gasteiger partial charge in [-0.1, -0.05) is 14.9 Å². The maximum absolute atomic E-state index is 8.94. The smallest absolute Gasteiger partial charge is 0.104 e. The lowest BCUT2D eigenvalue weighted by atomic mass is 10.4. The van der Waals surface area contributed by atoms with Gasteiger partial charge in [-0.2, -0.15) is 0 Å². The molecule has 1 N–H and O–H groups in total. The predicted octanol–water partition coefficient (Wildman–Crippen LogP) is 1.46. The molecule has 0 radical (unpaired) electrons. The molecule has 0 aromatic carbocycles. The van der Waals surface area contributed by atoms with Gasteiger partial charge in [0.15, 0.2) is 0 Å². The van der Waals surface area contributed by atoms with Gasteiger partial charge in [0.25, 0.3) is 0 Å². The molecular weight excluding hydrogens is 196 g/mol. The molecule has 0 aliphatic carbocycles. The van der Waals surface area contributed by atoms with E-state index in [0.29, 0.717) is 25.9 Å². The van der Waals surface area contributed by atoms with Crippen molar-refractivity contribution in [3.05, 3.63) is 0 Å². The van der Waals surface area contributed by atoms with Crippen LogP contribution in [0, 0.1) is 0 Å². The zero-order chi connectivity index (χ0) is 9.68. The second kappa shape index (κ2) is 9.09. The van der Waals surface area contributed by atoms with Crippen molar-refractivity contribution in [3.63, 3.8) is 0 Å². The summed E-state index contributed by atoms with van der Waals surface area (Å²) in [5, 5.41) is 8.94. The van der Waals surface area contributed by atoms with Crippen LogP contribution in [-0.2, 0) is 14.2 Å². The summed E-state index contributed by atoms with van der Waals surface area (Å²) in [4.78, 5) is 0. The van der Waals surface area contributed by atoms with Gasteiger partial charge in [-0.15, -0.1) is 0 Å². The molecule has 0 aromatic rings. The molecule has 0 spiro atoms. The van der Waals surface area contributed by atoms with Gasteiger partial charge < -0.3 is 19.3 Å². The van der Waals surface area contributed by atoms with Gasteiger partial charge in [-0.05, 0) is 13.8 Å². The minimum absolute atomic E-state index is 0. The lowest BCUT2D eigenvalue weighted by Gasteiger charge is -2.14. The number of hydrogen-bond donors (Lipinski definition) is 1. The summed E-state index contributed by atoms with van der Waals surface area (Å²) < 4.78 is 15.6. The lowest BCUT2D eigenvalue weighted by molar-refractivity contribution is -0.0383. The summed E-state index contributed by atoms with van der Waals surface area (Å²) in [7, 11) is 0. The van der Waals surface area contributed by atoms with Crippen LogP contribution >= 0.6 is 0 Å². The first kappa shape index (κ1) is 17.2. The van der Waals surface area contributed by atoms with Crippen molar-refractivity contribution >= 4 is 0 Å². The van der Waals surface area contributed by atoms with Crippen LogP contribution in [0.2, 0.25) is 0 Å². The highest BCUT2D eigenvalue weighted by Crippen LogP contribution is 2.08. The zero-order valence-electron chi connectivity index (χ0n) is 8.23. The highest BCUT2D eigenvalue weighted by molar-refractivity contribution is 4.67. The van der Waals surface area contributed by atoms with E-state index in [9.17, 15) is 0 Å². The lowest BCUT2D eigenvalue weighted by Crippen LogP contribution is -2.22. The van der Waals surface area contributed by atoms with Gasteiger partial charge in [0.1, 0.15) is 6.10 Å². The van der Waals surface area contributed by atoms with Crippen LogP contribution in [-0.4, -0.2) is 49.8 Å². The summed E-state index contributed by atoms with van der Waals surface area (Å²) in [6, 6.07) is 0. The maximum Gasteiger partial charge on any atom is 0.104 e. The Kier molecular flexibility index (Phi) is 10.5. The third-order valence-electron chi connectivity index (χ3n) is 1.68. The Bertz CT molecular complexity index is 135. The first-order valence-electron chi connectivity index (χ1n) is 4.67. The number of rotatable bonds is 7. The van der Waals surface area contributed by atoms with Gasteiger partial charge in [0.05, 0.1) is 38.6 Å². The summed E-state index contributed by atoms with van der Waals surface area (Å²) in [6.45, 7) is 6.03. The molecule has 3 unspecified atom stereocenters. The third kappa shape index (κ3) is 10.1. The van der Waals surface area contributed by atoms with E-state index in [1.807, 2.05) is 6.92 Å². The second-order valence-electron chi connectivity index (χ2n) is 3.49. The maximum atomic E-state index is 8.94. The van der Waals surface area contributed by atoms with Gasteiger partial charge in [0, 0.05) is 0 Å². The van der Waals surface area contributed by atoms with Crippen LogP contribution in [0.15, 0.2) is 0 Å². The molecule has 1 aliphatic rings. The standard InChI is InChI=1S/C9H18O4.2CH4/c1-7(10)3-12-8(2)4-11-5-9-6-13-9;;/h7-10H,3-6H2,1-2H3;2*1H4. The van der Waals surface area contributed by atoms with Crippen molar-refractivity contribution in [2.45, 2.75) is 47.0 Å². The fourth-order valence-electron chi connectivity index (χ4n) is 0.881. The zero-order valence-corrected chi connectivity index (χ0v) is 8.23. The number of ether oxygens (including phenoxy) is 3. The van der Waals surface area contributed by atoms with E-state index in [2.05, 4.69) is 0 Å². The van der Waals surface area contributed by atoms with Crippen LogP contribution in [0.3, 0.4) is 0 Å². The fraction of sp³-hybridized carbons (Fsp3) is 1.00. The molecule has 94 valence electrons. The van der Waals surface area contributed by atoms with Crippen molar-refractivity contribution in [2.75, 3.05) is 26.4 Å². The largest absolute Gasteiger partial charge is 0.391 e. The quantitative estimate of drug-likeness (QED) is 0.663. The van der Waals surface area contributed by atoms with Crippen LogP contribution in [0.1, 0.15) is 28.7 Å². The molecule has 3 atom stereocenters. The van der Waals surface area contributed by atoms with Gasteiger partial charge >= 0.3 is 0 Å². The Hall–Kier alpha value is -0.160. The van der Waals surface area contributed by atoms with Crippen LogP contribution < -0.4 is 0 Å². The molecule has 4 nitrogen and oxygen atoms in total. The van der Waals surface area contributed by atoms with Crippen molar-refractivity contribution in [2.24, 2.45) is 0 Å². The molecular formula is C11H26O4. The van der Waals surface area contributed by atoms with Crippen molar-refractivity contribution in [3.8, 4) is 0 Å². The highest BCUT2D eigenvalue weighted by atomic mass is 16.6. The van der Waals surface area contributed by atoms with Gasteiger partial charge in [-0.25, -0.2) is 0 Å². The molecule has 1 rings (SSSR count). The molecule has 1 saturated heterocycles. The van der Waals surface area contributed by atoms with E-state index in [-0.39, 0.29) is 21.0 Å². The van der Waals surface area contributed by atoms with E-state index in [1.54, 1.807) is 6.92 Å². The van der Waals surface area contributed by atoms with Crippen LogP contribution in [0.25, 0.3) is 0 Å². The summed E-state index contributed by atoms with van der Waals surface area (Å²) in [5.74, 6) is 0. The number of aliphatic hydroxyl groups excluding tert-OH is 1. The minimum Gasteiger partial charge on any atom is -0.391 e. The normalized spacial score (nSPS) is 22.2. The van der Waals surface area contributed by atoms with E-state index in [4.69, 9.17) is 19.3 Å². The second-order valence-corrected chi connectivity index (χ2v) is 3.49. The SMILES string of the molecule is C.C.CC(O)COC(C)COCC1CO1. The first-order chi connectivity index (χ1) is 6.18. The Morgan fingerprint density at radius 1 is 1.33 bits per heavy atom. The number of hydrogen-bond acceptors (Lipinski definition) is 4. The van der Waals surface area contributed by atoms with Crippen molar-refractivity contribution in [1.29, 1.82) is 0 Å². The monoisotopic (exact) mass is 222 g/mol. The highest BCUT2D eigenvalue weighted by Gasteiger charge is 2.22. The first-order valence-corrected chi connectivity index (χ1v) is 4.67. The van der Waals surface area contributed by atoms with E-state index in [1.165, 1.54) is 0 Å². The Labute approximate surface area is 93.5 Å². The molecule has 0 saturated carbocycles. The van der Waals surface area contributed by atoms with Crippen molar-refractivity contribution in [1.82, 2.24) is 0 Å². The van der Waals surface area contributed by atoms with E-state index in [0.717, 1.165) is 6.61 Å². The van der Waals surface area contributed by atoms with Gasteiger partial charge in [0.2, 0.25) is 0 Å². The molecule has 15 heavy (non-hydrogen) atoms. The van der Waals surface area contributed by atoms with Crippen LogP contribution in [0.5, 0.6) is 0 Å². The van der Waals surface area contributed by atoms with Crippen LogP contribution in [0.4, 0.5) is 0 Å². The summed E-state index contributed by atoms with van der Waals surface area (Å²) in [5.41, 5.74) is 0. The number of epoxide rings is 1. The topological polar surface area (TPSA) is 51.2 Å². The Morgan fingerprint density at radius 2 is 1.93 bits per heavy atom. The predicted molar refractivity (Wildman–Crippen MR) is 61.1 cm³/mol. The summed E-state index contributed by atoms with van der Waals surface area (Å²) >= 11 is 0. The molecule has 0 bridgehead atoms. The fourth-order valence-corrected chi connectivity index (χ4v) is 0.881. The number of aliphatic hydroxyl groups is 1. The molecule has 4 heteroatoms. The average molecular weight is 222 g/mol. The van der Waals surface area contributed by atoms with E-state index < -0.39 is 6.10 Å². The van der Waals surface area contributed by atoms with Crippen molar-refractivity contribution < 1.29 is 19.3 Å². The van der Waals surface area contributed by atoms with E-state index >= 15 is 0 Å². The molecule has 1 fully saturated rings. The average Bonchev–Trinajstić information content (AvgIpc) is 2.84. The molecule has 0 aromatic heterocycles. The third-order valence-corrected chi connectivity index (χ3v) is 1.68. The Balaban J connectivity index is 0. The molecule has 1 aliphatic heterocycles. The molecule has 1 heterocycles. The summed E-state index contributed by atoms with van der Waals surface area (Å²) in [6.07, 6.45) is -0.0634. The van der Waals surface area contributed by atoms with Gasteiger partial charge in [-0.3, -0.25) is 0 Å². The minimum atomic E-state index is -0.408. The Morgan fingerprint density at radius 3 is 2.40 bits per heavy atom.